The normalized spacial score (nSPS) is 11.1. The number of aryl methyl sites for hydroxylation is 1. The molecule has 0 saturated carbocycles. The van der Waals surface area contributed by atoms with Gasteiger partial charge in [-0.25, -0.2) is 17.5 Å². The molecule has 21 heavy (non-hydrogen) atoms. The van der Waals surface area contributed by atoms with Crippen LogP contribution in [0.3, 0.4) is 0 Å². The van der Waals surface area contributed by atoms with Crippen molar-refractivity contribution in [1.29, 1.82) is 5.26 Å². The Kier molecular flexibility index (Phi) is 4.31. The van der Waals surface area contributed by atoms with Crippen molar-refractivity contribution in [2.45, 2.75) is 18.4 Å². The average Bonchev–Trinajstić information content (AvgIpc) is 2.46. The summed E-state index contributed by atoms with van der Waals surface area (Å²) in [6.45, 7) is 1.84. The van der Waals surface area contributed by atoms with Crippen molar-refractivity contribution in [2.75, 3.05) is 0 Å². The van der Waals surface area contributed by atoms with Gasteiger partial charge in [0, 0.05) is 6.20 Å². The number of nitrogens with zero attached hydrogens (tertiary/aromatic N) is 2. The van der Waals surface area contributed by atoms with Gasteiger partial charge in [-0.2, -0.15) is 5.26 Å². The Morgan fingerprint density at radius 3 is 2.81 bits per heavy atom. The molecule has 108 valence electrons. The SMILES string of the molecule is Cc1cccnc1CNS(=O)(=O)c1ccc(F)c(C#N)c1. The van der Waals surface area contributed by atoms with E-state index in [1.165, 1.54) is 0 Å². The van der Waals surface area contributed by atoms with Gasteiger partial charge < -0.3 is 0 Å². The Morgan fingerprint density at radius 1 is 1.38 bits per heavy atom. The van der Waals surface area contributed by atoms with Gasteiger partial charge in [0.1, 0.15) is 11.9 Å². The van der Waals surface area contributed by atoms with Crippen LogP contribution in [0.5, 0.6) is 0 Å². The molecule has 0 aliphatic heterocycles. The molecule has 0 unspecified atom stereocenters. The van der Waals surface area contributed by atoms with Gasteiger partial charge in [0.25, 0.3) is 0 Å². The first kappa shape index (κ1) is 15.1. The van der Waals surface area contributed by atoms with Gasteiger partial charge in [0.15, 0.2) is 0 Å². The van der Waals surface area contributed by atoms with Crippen LogP contribution in [0, 0.1) is 24.1 Å². The quantitative estimate of drug-likeness (QED) is 0.935. The van der Waals surface area contributed by atoms with Crippen LogP contribution >= 0.6 is 0 Å². The second kappa shape index (κ2) is 5.99. The summed E-state index contributed by atoms with van der Waals surface area (Å²) in [6.07, 6.45) is 1.57. The van der Waals surface area contributed by atoms with Gasteiger partial charge in [0.2, 0.25) is 10.0 Å². The average molecular weight is 305 g/mol. The van der Waals surface area contributed by atoms with Crippen molar-refractivity contribution in [1.82, 2.24) is 9.71 Å². The molecule has 0 radical (unpaired) electrons. The Bertz CT molecular complexity index is 813. The number of benzene rings is 1. The number of nitrogens with one attached hydrogen (secondary N) is 1. The van der Waals surface area contributed by atoms with Gasteiger partial charge in [-0.05, 0) is 36.8 Å². The molecule has 1 aromatic heterocycles. The lowest BCUT2D eigenvalue weighted by molar-refractivity contribution is 0.579. The van der Waals surface area contributed by atoms with Crippen molar-refractivity contribution < 1.29 is 12.8 Å². The van der Waals surface area contributed by atoms with E-state index in [4.69, 9.17) is 5.26 Å². The van der Waals surface area contributed by atoms with Gasteiger partial charge >= 0.3 is 0 Å². The van der Waals surface area contributed by atoms with Crippen LogP contribution in [-0.4, -0.2) is 13.4 Å². The maximum Gasteiger partial charge on any atom is 0.240 e. The van der Waals surface area contributed by atoms with E-state index in [2.05, 4.69) is 9.71 Å². The highest BCUT2D eigenvalue weighted by Crippen LogP contribution is 2.15. The fraction of sp³-hybridized carbons (Fsp3) is 0.143. The zero-order chi connectivity index (χ0) is 15.5. The lowest BCUT2D eigenvalue weighted by atomic mass is 10.2. The van der Waals surface area contributed by atoms with E-state index in [1.807, 2.05) is 13.0 Å². The number of pyridine rings is 1. The van der Waals surface area contributed by atoms with E-state index in [1.54, 1.807) is 18.3 Å². The Hall–Kier alpha value is -2.30. The summed E-state index contributed by atoms with van der Waals surface area (Å²) in [7, 11) is -3.83. The van der Waals surface area contributed by atoms with E-state index in [9.17, 15) is 12.8 Å². The molecule has 0 aliphatic rings. The third-order valence-corrected chi connectivity index (χ3v) is 4.31. The molecule has 2 rings (SSSR count). The molecular formula is C14H12FN3O2S. The summed E-state index contributed by atoms with van der Waals surface area (Å²) >= 11 is 0. The fourth-order valence-corrected chi connectivity index (χ4v) is 2.72. The second-order valence-corrected chi connectivity index (χ2v) is 6.11. The van der Waals surface area contributed by atoms with E-state index >= 15 is 0 Å². The zero-order valence-electron chi connectivity index (χ0n) is 11.2. The molecule has 1 aromatic carbocycles. The summed E-state index contributed by atoms with van der Waals surface area (Å²) in [4.78, 5) is 3.93. The molecule has 1 heterocycles. The van der Waals surface area contributed by atoms with Gasteiger partial charge in [0.05, 0.1) is 22.7 Å². The molecule has 0 saturated heterocycles. The zero-order valence-corrected chi connectivity index (χ0v) is 12.0. The van der Waals surface area contributed by atoms with Crippen LogP contribution < -0.4 is 4.72 Å². The van der Waals surface area contributed by atoms with Crippen LogP contribution in [0.2, 0.25) is 0 Å². The number of nitriles is 1. The molecule has 7 heteroatoms. The van der Waals surface area contributed by atoms with Crippen molar-refractivity contribution in [3.05, 3.63) is 59.2 Å². The maximum absolute atomic E-state index is 13.2. The highest BCUT2D eigenvalue weighted by atomic mass is 32.2. The highest BCUT2D eigenvalue weighted by molar-refractivity contribution is 7.89. The molecule has 2 aromatic rings. The summed E-state index contributed by atoms with van der Waals surface area (Å²) in [5.41, 5.74) is 1.15. The number of hydrogen-bond donors (Lipinski definition) is 1. The van der Waals surface area contributed by atoms with Crippen LogP contribution in [0.15, 0.2) is 41.4 Å². The molecule has 5 nitrogen and oxygen atoms in total. The fourth-order valence-electron chi connectivity index (χ4n) is 1.71. The van der Waals surface area contributed by atoms with Crippen molar-refractivity contribution >= 4 is 10.0 Å². The Balaban J connectivity index is 2.24. The predicted octanol–water partition coefficient (Wildman–Crippen LogP) is 1.88. The first-order valence-electron chi connectivity index (χ1n) is 6.04. The Labute approximate surface area is 122 Å². The lowest BCUT2D eigenvalue weighted by Gasteiger charge is -2.08. The minimum absolute atomic E-state index is 0.0221. The summed E-state index contributed by atoms with van der Waals surface area (Å²) in [5, 5.41) is 8.74. The van der Waals surface area contributed by atoms with E-state index in [0.29, 0.717) is 5.69 Å². The van der Waals surface area contributed by atoms with Crippen molar-refractivity contribution in [3.63, 3.8) is 0 Å². The van der Waals surface area contributed by atoms with Gasteiger partial charge in [-0.3, -0.25) is 4.98 Å². The molecule has 0 atom stereocenters. The van der Waals surface area contributed by atoms with E-state index < -0.39 is 15.8 Å². The molecule has 0 bridgehead atoms. The van der Waals surface area contributed by atoms with Crippen molar-refractivity contribution in [2.24, 2.45) is 0 Å². The second-order valence-electron chi connectivity index (χ2n) is 4.35. The first-order valence-corrected chi connectivity index (χ1v) is 7.52. The molecule has 0 fully saturated rings. The third kappa shape index (κ3) is 3.42. The highest BCUT2D eigenvalue weighted by Gasteiger charge is 2.16. The number of aromatic nitrogens is 1. The largest absolute Gasteiger partial charge is 0.260 e. The maximum atomic E-state index is 13.2. The molecule has 0 amide bonds. The van der Waals surface area contributed by atoms with Crippen molar-refractivity contribution in [3.8, 4) is 6.07 Å². The van der Waals surface area contributed by atoms with Gasteiger partial charge in [-0.15, -0.1) is 0 Å². The van der Waals surface area contributed by atoms with Gasteiger partial charge in [-0.1, -0.05) is 6.07 Å². The third-order valence-electron chi connectivity index (χ3n) is 2.92. The van der Waals surface area contributed by atoms with Crippen LogP contribution in [0.4, 0.5) is 4.39 Å². The van der Waals surface area contributed by atoms with Crippen LogP contribution in [0.1, 0.15) is 16.8 Å². The molecular weight excluding hydrogens is 293 g/mol. The summed E-state index contributed by atoms with van der Waals surface area (Å²) in [6, 6.07) is 8.26. The number of halogens is 1. The number of sulfonamides is 1. The molecule has 1 N–H and O–H groups in total. The summed E-state index contributed by atoms with van der Waals surface area (Å²) in [5.74, 6) is -0.753. The van der Waals surface area contributed by atoms with E-state index in [0.717, 1.165) is 23.8 Å². The lowest BCUT2D eigenvalue weighted by Crippen LogP contribution is -2.24. The smallest absolute Gasteiger partial charge is 0.240 e. The number of hydrogen-bond acceptors (Lipinski definition) is 4. The Morgan fingerprint density at radius 2 is 2.14 bits per heavy atom. The van der Waals surface area contributed by atoms with E-state index in [-0.39, 0.29) is 17.0 Å². The predicted molar refractivity (Wildman–Crippen MR) is 74.1 cm³/mol. The monoisotopic (exact) mass is 305 g/mol. The summed E-state index contributed by atoms with van der Waals surface area (Å²) < 4.78 is 39.8. The topological polar surface area (TPSA) is 82.8 Å². The molecule has 0 spiro atoms. The standard InChI is InChI=1S/C14H12FN3O2S/c1-10-3-2-6-17-14(10)9-18-21(19,20)12-4-5-13(15)11(7-12)8-16/h2-7,18H,9H2,1H3. The van der Waals surface area contributed by atoms with Crippen LogP contribution in [0.25, 0.3) is 0 Å². The van der Waals surface area contributed by atoms with Crippen LogP contribution in [-0.2, 0) is 16.6 Å². The minimum atomic E-state index is -3.83. The molecule has 0 aliphatic carbocycles. The first-order chi connectivity index (χ1) is 9.94. The number of rotatable bonds is 4. The minimum Gasteiger partial charge on any atom is -0.260 e.